The summed E-state index contributed by atoms with van der Waals surface area (Å²) in [7, 11) is 1.77. The normalized spacial score (nSPS) is 12.9. The van der Waals surface area contributed by atoms with Gasteiger partial charge in [0.05, 0.1) is 6.61 Å². The average molecular weight is 538 g/mol. The van der Waals surface area contributed by atoms with Gasteiger partial charge in [0.15, 0.2) is 11.3 Å². The fraction of sp³-hybridized carbons (Fsp3) is 0.941. The van der Waals surface area contributed by atoms with E-state index in [0.29, 0.717) is 19.4 Å². The fourth-order valence-electron chi connectivity index (χ4n) is 5.40. The molecule has 1 N–H and O–H groups in total. The smallest absolute Gasteiger partial charge is 0.334 e. The van der Waals surface area contributed by atoms with Crippen LogP contribution in [-0.4, -0.2) is 30.9 Å². The van der Waals surface area contributed by atoms with Gasteiger partial charge in [0, 0.05) is 6.42 Å². The zero-order valence-electron chi connectivity index (χ0n) is 26.3. The van der Waals surface area contributed by atoms with Crippen molar-refractivity contribution in [3.8, 4) is 0 Å². The van der Waals surface area contributed by atoms with Crippen molar-refractivity contribution in [1.29, 1.82) is 0 Å². The van der Waals surface area contributed by atoms with Crippen LogP contribution in [0.4, 0.5) is 0 Å². The maximum absolute atomic E-state index is 13.4. The number of nitrogens with one attached hydrogen (secondary N) is 1. The average Bonchev–Trinajstić information content (AvgIpc) is 2.92. The number of ketones is 1. The van der Waals surface area contributed by atoms with Crippen LogP contribution < -0.4 is 5.32 Å². The maximum Gasteiger partial charge on any atom is 0.334 e. The van der Waals surface area contributed by atoms with E-state index in [0.717, 1.165) is 44.9 Å². The van der Waals surface area contributed by atoms with Crippen LogP contribution in [0.15, 0.2) is 0 Å². The van der Waals surface area contributed by atoms with Crippen LogP contribution >= 0.6 is 0 Å². The first-order valence-corrected chi connectivity index (χ1v) is 17.0. The number of hydrogen-bond donors (Lipinski definition) is 1. The van der Waals surface area contributed by atoms with Crippen molar-refractivity contribution in [2.75, 3.05) is 13.7 Å². The minimum absolute atomic E-state index is 0.0346. The largest absolute Gasteiger partial charge is 0.464 e. The molecule has 0 aliphatic carbocycles. The van der Waals surface area contributed by atoms with E-state index in [1.54, 1.807) is 7.05 Å². The van der Waals surface area contributed by atoms with Crippen LogP contribution in [0, 0.1) is 0 Å². The molecule has 38 heavy (non-hydrogen) atoms. The topological polar surface area (TPSA) is 55.4 Å². The third-order valence-electron chi connectivity index (χ3n) is 8.15. The van der Waals surface area contributed by atoms with Crippen LogP contribution in [0.25, 0.3) is 0 Å². The second-order valence-electron chi connectivity index (χ2n) is 11.6. The van der Waals surface area contributed by atoms with Crippen LogP contribution in [0.1, 0.15) is 188 Å². The Labute approximate surface area is 238 Å². The van der Waals surface area contributed by atoms with Crippen molar-refractivity contribution < 1.29 is 14.3 Å². The first-order valence-electron chi connectivity index (χ1n) is 17.0. The van der Waals surface area contributed by atoms with E-state index < -0.39 is 5.54 Å². The summed E-state index contributed by atoms with van der Waals surface area (Å²) in [6, 6.07) is 0. The number of ether oxygens (including phenoxy) is 1. The summed E-state index contributed by atoms with van der Waals surface area (Å²) in [4.78, 5) is 26.7. The van der Waals surface area contributed by atoms with Gasteiger partial charge in [0.25, 0.3) is 0 Å². The van der Waals surface area contributed by atoms with E-state index in [1.807, 2.05) is 0 Å². The second kappa shape index (κ2) is 27.7. The number of rotatable bonds is 30. The Balaban J connectivity index is 4.48. The Hall–Kier alpha value is -0.900. The summed E-state index contributed by atoms with van der Waals surface area (Å²) < 4.78 is 5.73. The molecule has 0 spiro atoms. The highest BCUT2D eigenvalue weighted by Gasteiger charge is 2.44. The van der Waals surface area contributed by atoms with Gasteiger partial charge in [0.1, 0.15) is 0 Å². The van der Waals surface area contributed by atoms with Gasteiger partial charge >= 0.3 is 5.97 Å². The fourth-order valence-corrected chi connectivity index (χ4v) is 5.40. The van der Waals surface area contributed by atoms with E-state index >= 15 is 0 Å². The summed E-state index contributed by atoms with van der Waals surface area (Å²) in [5.41, 5.74) is -1.16. The van der Waals surface area contributed by atoms with Gasteiger partial charge in [-0.1, -0.05) is 162 Å². The predicted molar refractivity (Wildman–Crippen MR) is 165 cm³/mol. The molecule has 0 aromatic heterocycles. The first kappa shape index (κ1) is 37.1. The molecule has 0 aromatic carbocycles. The molecule has 0 aliphatic heterocycles. The Morgan fingerprint density at radius 2 is 0.895 bits per heavy atom. The maximum atomic E-state index is 13.4. The molecule has 0 rings (SSSR count). The van der Waals surface area contributed by atoms with Gasteiger partial charge in [-0.25, -0.2) is 4.79 Å². The molecule has 0 saturated heterocycles. The Morgan fingerprint density at radius 1 is 0.526 bits per heavy atom. The summed E-state index contributed by atoms with van der Waals surface area (Å²) in [5.74, 6) is -0.307. The Bertz CT molecular complexity index is 536. The van der Waals surface area contributed by atoms with Crippen molar-refractivity contribution in [3.05, 3.63) is 0 Å². The summed E-state index contributed by atoms with van der Waals surface area (Å²) in [6.07, 6.45) is 30.1. The van der Waals surface area contributed by atoms with Gasteiger partial charge in [-0.05, 0) is 26.3 Å². The minimum atomic E-state index is -1.16. The van der Waals surface area contributed by atoms with E-state index in [9.17, 15) is 9.59 Å². The Kier molecular flexibility index (Phi) is 27.0. The molecule has 0 amide bonds. The van der Waals surface area contributed by atoms with Gasteiger partial charge in [-0.15, -0.1) is 0 Å². The molecule has 0 aliphatic rings. The SMILES string of the molecule is CCCCCCCCCCCCCC(=O)C(CCCCCCC)(NC)C(=O)OCCCCCCCCCC. The van der Waals surface area contributed by atoms with Crippen molar-refractivity contribution >= 4 is 11.8 Å². The molecule has 4 heteroatoms. The molecule has 226 valence electrons. The molecule has 0 fully saturated rings. The van der Waals surface area contributed by atoms with Crippen molar-refractivity contribution in [1.82, 2.24) is 5.32 Å². The zero-order chi connectivity index (χ0) is 28.2. The van der Waals surface area contributed by atoms with Crippen molar-refractivity contribution in [3.63, 3.8) is 0 Å². The highest BCUT2D eigenvalue weighted by molar-refractivity contribution is 6.08. The number of unbranched alkanes of at least 4 members (excludes halogenated alkanes) is 21. The number of Topliss-reactive ketones (excluding diaryl/α,β-unsaturated/α-hetero) is 1. The van der Waals surface area contributed by atoms with Gasteiger partial charge in [-0.2, -0.15) is 0 Å². The second-order valence-corrected chi connectivity index (χ2v) is 11.6. The highest BCUT2D eigenvalue weighted by atomic mass is 16.5. The van der Waals surface area contributed by atoms with E-state index in [4.69, 9.17) is 4.74 Å². The Morgan fingerprint density at radius 3 is 1.32 bits per heavy atom. The molecule has 0 aromatic rings. The lowest BCUT2D eigenvalue weighted by Gasteiger charge is -2.30. The first-order chi connectivity index (χ1) is 18.6. The van der Waals surface area contributed by atoms with Gasteiger partial charge in [0.2, 0.25) is 0 Å². The zero-order valence-corrected chi connectivity index (χ0v) is 26.3. The van der Waals surface area contributed by atoms with E-state index in [-0.39, 0.29) is 11.8 Å². The number of likely N-dealkylation sites (N-methyl/N-ethyl adjacent to an activating group) is 1. The van der Waals surface area contributed by atoms with Gasteiger partial charge < -0.3 is 4.74 Å². The number of hydrogen-bond acceptors (Lipinski definition) is 4. The number of esters is 1. The number of carbonyl (C=O) groups is 2. The molecule has 0 saturated carbocycles. The molecule has 0 radical (unpaired) electrons. The lowest BCUT2D eigenvalue weighted by atomic mass is 9.85. The van der Waals surface area contributed by atoms with Crippen molar-refractivity contribution in [2.24, 2.45) is 0 Å². The van der Waals surface area contributed by atoms with Crippen LogP contribution in [-0.2, 0) is 14.3 Å². The van der Waals surface area contributed by atoms with Crippen molar-refractivity contribution in [2.45, 2.75) is 193 Å². The summed E-state index contributed by atoms with van der Waals surface area (Å²) >= 11 is 0. The van der Waals surface area contributed by atoms with E-state index in [1.165, 1.54) is 109 Å². The van der Waals surface area contributed by atoms with Gasteiger partial charge in [-0.3, -0.25) is 10.1 Å². The molecule has 4 nitrogen and oxygen atoms in total. The summed E-state index contributed by atoms with van der Waals surface area (Å²) in [6.45, 7) is 7.14. The molecular weight excluding hydrogens is 470 g/mol. The molecule has 1 atom stereocenters. The third kappa shape index (κ3) is 19.2. The predicted octanol–water partition coefficient (Wildman–Crippen LogP) is 10.3. The summed E-state index contributed by atoms with van der Waals surface area (Å²) in [5, 5.41) is 3.15. The van der Waals surface area contributed by atoms with Crippen LogP contribution in [0.2, 0.25) is 0 Å². The quantitative estimate of drug-likeness (QED) is 0.0562. The lowest BCUT2D eigenvalue weighted by Crippen LogP contribution is -2.57. The molecular formula is C34H67NO3. The monoisotopic (exact) mass is 538 g/mol. The third-order valence-corrected chi connectivity index (χ3v) is 8.15. The van der Waals surface area contributed by atoms with Crippen LogP contribution in [0.5, 0.6) is 0 Å². The lowest BCUT2D eigenvalue weighted by molar-refractivity contribution is -0.156. The van der Waals surface area contributed by atoms with E-state index in [2.05, 4.69) is 26.1 Å². The highest BCUT2D eigenvalue weighted by Crippen LogP contribution is 2.23. The standard InChI is InChI=1S/C34H67NO3/c1-5-8-11-14-16-18-19-20-21-23-26-29-32(36)34(35-4,30-27-24-13-10-7-3)33(37)38-31-28-25-22-17-15-12-9-6-2/h35H,5-31H2,1-4H3. The molecule has 1 unspecified atom stereocenters. The molecule has 0 bridgehead atoms. The van der Waals surface area contributed by atoms with Crippen LogP contribution in [0.3, 0.4) is 0 Å². The molecule has 0 heterocycles. The minimum Gasteiger partial charge on any atom is -0.464 e. The number of carbonyl (C=O) groups excluding carboxylic acids is 2.